The number of thiazole rings is 1. The van der Waals surface area contributed by atoms with E-state index in [9.17, 15) is 4.79 Å². The minimum atomic E-state index is -0.117. The van der Waals surface area contributed by atoms with E-state index in [4.69, 9.17) is 21.1 Å². The van der Waals surface area contributed by atoms with Gasteiger partial charge in [-0.2, -0.15) is 0 Å². The fraction of sp³-hybridized carbons (Fsp3) is 0.364. The van der Waals surface area contributed by atoms with E-state index in [1.807, 2.05) is 49.4 Å². The first-order valence-corrected chi connectivity index (χ1v) is 11.1. The molecule has 1 fully saturated rings. The zero-order valence-electron chi connectivity index (χ0n) is 16.8. The number of nitrogens with zero attached hydrogens (tertiary/aromatic N) is 3. The van der Waals surface area contributed by atoms with Crippen molar-refractivity contribution in [3.63, 3.8) is 0 Å². The molecule has 6 nitrogen and oxygen atoms in total. The monoisotopic (exact) mass is 445 g/mol. The molecule has 0 N–H and O–H groups in total. The number of rotatable bonds is 7. The summed E-state index contributed by atoms with van der Waals surface area (Å²) >= 11 is 7.59. The van der Waals surface area contributed by atoms with Gasteiger partial charge in [0, 0.05) is 31.2 Å². The summed E-state index contributed by atoms with van der Waals surface area (Å²) in [6, 6.07) is 13.3. The largest absolute Gasteiger partial charge is 0.484 e. The number of fused-ring (bicyclic) bond motifs is 1. The number of hydrogen-bond donors (Lipinski definition) is 0. The molecule has 1 saturated heterocycles. The highest BCUT2D eigenvalue weighted by molar-refractivity contribution is 7.22. The van der Waals surface area contributed by atoms with Crippen molar-refractivity contribution in [1.29, 1.82) is 0 Å². The van der Waals surface area contributed by atoms with Gasteiger partial charge in [0.25, 0.3) is 5.91 Å². The molecule has 0 spiro atoms. The van der Waals surface area contributed by atoms with Crippen LogP contribution in [0.2, 0.25) is 5.02 Å². The third-order valence-corrected chi connectivity index (χ3v) is 6.27. The van der Waals surface area contributed by atoms with E-state index in [-0.39, 0.29) is 12.5 Å². The average Bonchev–Trinajstić information content (AvgIpc) is 3.17. The first-order chi connectivity index (χ1) is 14.6. The van der Waals surface area contributed by atoms with Crippen LogP contribution in [0, 0.1) is 6.92 Å². The normalized spacial score (nSPS) is 14.7. The summed E-state index contributed by atoms with van der Waals surface area (Å²) in [5.41, 5.74) is 1.98. The van der Waals surface area contributed by atoms with E-state index in [2.05, 4.69) is 9.88 Å². The van der Waals surface area contributed by atoms with Crippen molar-refractivity contribution in [3.8, 4) is 5.75 Å². The van der Waals surface area contributed by atoms with Crippen LogP contribution in [0.4, 0.5) is 5.13 Å². The number of aromatic nitrogens is 1. The second kappa shape index (κ2) is 9.75. The summed E-state index contributed by atoms with van der Waals surface area (Å²) in [6.07, 6.45) is 0. The second-order valence-electron chi connectivity index (χ2n) is 7.21. The summed E-state index contributed by atoms with van der Waals surface area (Å²) in [7, 11) is 0. The summed E-state index contributed by atoms with van der Waals surface area (Å²) in [4.78, 5) is 21.8. The highest BCUT2D eigenvalue weighted by Gasteiger charge is 2.22. The summed E-state index contributed by atoms with van der Waals surface area (Å²) in [6.45, 7) is 6.48. The molecule has 2 heterocycles. The molecular weight excluding hydrogens is 422 g/mol. The van der Waals surface area contributed by atoms with Crippen LogP contribution < -0.4 is 9.64 Å². The van der Waals surface area contributed by atoms with Gasteiger partial charge in [0.15, 0.2) is 11.7 Å². The molecule has 0 unspecified atom stereocenters. The van der Waals surface area contributed by atoms with Gasteiger partial charge >= 0.3 is 0 Å². The van der Waals surface area contributed by atoms with Crippen molar-refractivity contribution < 1.29 is 14.3 Å². The van der Waals surface area contributed by atoms with Gasteiger partial charge in [-0.05, 0) is 37.3 Å². The Hall–Kier alpha value is -2.19. The Bertz CT molecular complexity index is 1000. The lowest BCUT2D eigenvalue weighted by Gasteiger charge is -2.29. The molecular formula is C22H24ClN3O3S. The molecule has 8 heteroatoms. The molecule has 0 atom stereocenters. The SMILES string of the molecule is Cc1ccc(OCC(=O)N(CCN2CCOCC2)c2nc3ccc(Cl)cc3s2)cc1. The van der Waals surface area contributed by atoms with Crippen molar-refractivity contribution in [2.75, 3.05) is 50.9 Å². The molecule has 0 bridgehead atoms. The van der Waals surface area contributed by atoms with E-state index in [0.29, 0.717) is 22.4 Å². The maximum absolute atomic E-state index is 13.1. The minimum absolute atomic E-state index is 0.0388. The van der Waals surface area contributed by atoms with Crippen LogP contribution in [0.25, 0.3) is 10.2 Å². The topological polar surface area (TPSA) is 54.9 Å². The first-order valence-electron chi connectivity index (χ1n) is 9.94. The lowest BCUT2D eigenvalue weighted by atomic mass is 10.2. The number of benzene rings is 2. The summed E-state index contributed by atoms with van der Waals surface area (Å²) < 4.78 is 12.1. The number of carbonyl (C=O) groups excluding carboxylic acids is 1. The molecule has 158 valence electrons. The molecule has 0 radical (unpaired) electrons. The second-order valence-corrected chi connectivity index (χ2v) is 8.66. The number of morpholine rings is 1. The Morgan fingerprint density at radius 1 is 1.23 bits per heavy atom. The molecule has 0 saturated carbocycles. The molecule has 4 rings (SSSR count). The van der Waals surface area contributed by atoms with Crippen LogP contribution in [0.1, 0.15) is 5.56 Å². The Morgan fingerprint density at radius 3 is 2.77 bits per heavy atom. The van der Waals surface area contributed by atoms with Crippen LogP contribution in [-0.4, -0.2) is 61.8 Å². The Balaban J connectivity index is 1.50. The highest BCUT2D eigenvalue weighted by atomic mass is 35.5. The van der Waals surface area contributed by atoms with Gasteiger partial charge in [-0.3, -0.25) is 14.6 Å². The third kappa shape index (κ3) is 5.29. The fourth-order valence-electron chi connectivity index (χ4n) is 3.25. The predicted octanol–water partition coefficient (Wildman–Crippen LogP) is 4.00. The van der Waals surface area contributed by atoms with Gasteiger partial charge in [-0.25, -0.2) is 4.98 Å². The van der Waals surface area contributed by atoms with Crippen molar-refractivity contribution >= 4 is 44.2 Å². The van der Waals surface area contributed by atoms with E-state index < -0.39 is 0 Å². The number of hydrogen-bond acceptors (Lipinski definition) is 6. The van der Waals surface area contributed by atoms with Gasteiger partial charge in [-0.1, -0.05) is 40.6 Å². The van der Waals surface area contributed by atoms with Gasteiger partial charge < -0.3 is 9.47 Å². The third-order valence-electron chi connectivity index (χ3n) is 5.00. The molecule has 1 amide bonds. The van der Waals surface area contributed by atoms with Crippen molar-refractivity contribution in [1.82, 2.24) is 9.88 Å². The van der Waals surface area contributed by atoms with Crippen LogP contribution in [0.15, 0.2) is 42.5 Å². The number of aryl methyl sites for hydroxylation is 1. The van der Waals surface area contributed by atoms with Crippen molar-refractivity contribution in [2.24, 2.45) is 0 Å². The molecule has 1 aliphatic heterocycles. The highest BCUT2D eigenvalue weighted by Crippen LogP contribution is 2.31. The summed E-state index contributed by atoms with van der Waals surface area (Å²) in [5.74, 6) is 0.562. The van der Waals surface area contributed by atoms with Crippen LogP contribution >= 0.6 is 22.9 Å². The molecule has 1 aliphatic rings. The maximum atomic E-state index is 13.1. The van der Waals surface area contributed by atoms with Crippen LogP contribution in [-0.2, 0) is 9.53 Å². The van der Waals surface area contributed by atoms with E-state index in [1.165, 1.54) is 11.3 Å². The Labute approximate surface area is 185 Å². The zero-order chi connectivity index (χ0) is 20.9. The number of anilines is 1. The average molecular weight is 446 g/mol. The lowest BCUT2D eigenvalue weighted by Crippen LogP contribution is -2.44. The Morgan fingerprint density at radius 2 is 2.00 bits per heavy atom. The van der Waals surface area contributed by atoms with Crippen LogP contribution in [0.5, 0.6) is 5.75 Å². The molecule has 2 aromatic carbocycles. The summed E-state index contributed by atoms with van der Waals surface area (Å²) in [5, 5.41) is 1.32. The van der Waals surface area contributed by atoms with Gasteiger partial charge in [-0.15, -0.1) is 0 Å². The first kappa shape index (κ1) is 21.1. The molecule has 30 heavy (non-hydrogen) atoms. The van der Waals surface area contributed by atoms with Crippen molar-refractivity contribution in [3.05, 3.63) is 53.1 Å². The van der Waals surface area contributed by atoms with Gasteiger partial charge in [0.2, 0.25) is 0 Å². The van der Waals surface area contributed by atoms with E-state index in [1.54, 1.807) is 4.90 Å². The van der Waals surface area contributed by atoms with Crippen molar-refractivity contribution in [2.45, 2.75) is 6.92 Å². The van der Waals surface area contributed by atoms with E-state index in [0.717, 1.165) is 48.6 Å². The van der Waals surface area contributed by atoms with E-state index >= 15 is 0 Å². The maximum Gasteiger partial charge on any atom is 0.266 e. The minimum Gasteiger partial charge on any atom is -0.484 e. The number of carbonyl (C=O) groups is 1. The predicted molar refractivity (Wildman–Crippen MR) is 121 cm³/mol. The number of amides is 1. The van der Waals surface area contributed by atoms with Gasteiger partial charge in [0.05, 0.1) is 23.4 Å². The molecule has 1 aromatic heterocycles. The zero-order valence-corrected chi connectivity index (χ0v) is 18.4. The fourth-order valence-corrected chi connectivity index (χ4v) is 4.54. The standard InChI is InChI=1S/C22H24ClN3O3S/c1-16-2-5-18(6-3-16)29-15-21(27)26(9-8-25-10-12-28-13-11-25)22-24-19-7-4-17(23)14-20(19)30-22/h2-7,14H,8-13,15H2,1H3. The Kier molecular flexibility index (Phi) is 6.84. The van der Waals surface area contributed by atoms with Crippen LogP contribution in [0.3, 0.4) is 0 Å². The lowest BCUT2D eigenvalue weighted by molar-refractivity contribution is -0.120. The molecule has 0 aliphatic carbocycles. The number of halogens is 1. The van der Waals surface area contributed by atoms with Gasteiger partial charge in [0.1, 0.15) is 5.75 Å². The molecule has 3 aromatic rings. The quantitative estimate of drug-likeness (QED) is 0.550. The smallest absolute Gasteiger partial charge is 0.266 e. The number of ether oxygens (including phenoxy) is 2.